The highest BCUT2D eigenvalue weighted by Gasteiger charge is 2.01. The van der Waals surface area contributed by atoms with E-state index in [-0.39, 0.29) is 6.54 Å². The van der Waals surface area contributed by atoms with E-state index in [4.69, 9.17) is 5.11 Å². The third kappa shape index (κ3) is 5.56. The molecule has 60 valence electrons. The summed E-state index contributed by atoms with van der Waals surface area (Å²) >= 11 is 0. The van der Waals surface area contributed by atoms with Gasteiger partial charge < -0.3 is 5.11 Å². The smallest absolute Gasteiger partial charge is 0.317 e. The average Bonchev–Trinajstić information content (AvgIpc) is 1.82. The molecule has 0 aliphatic rings. The Bertz CT molecular complexity index is 104. The molecule has 0 spiro atoms. The quantitative estimate of drug-likeness (QED) is 0.622. The second-order valence-electron chi connectivity index (χ2n) is 2.49. The fourth-order valence-corrected chi connectivity index (χ4v) is 0.738. The van der Waals surface area contributed by atoms with Crippen LogP contribution >= 0.6 is 0 Å². The molecule has 0 rings (SSSR count). The minimum atomic E-state index is -0.751. The molecule has 0 fully saturated rings. The Kier molecular flexibility index (Phi) is 4.94. The lowest BCUT2D eigenvalue weighted by Crippen LogP contribution is -2.26. The van der Waals surface area contributed by atoms with Crippen LogP contribution in [0.2, 0.25) is 0 Å². The maximum Gasteiger partial charge on any atom is 0.317 e. The van der Waals surface area contributed by atoms with Crippen LogP contribution in [0.25, 0.3) is 0 Å². The molecule has 0 bridgehead atoms. The highest BCUT2D eigenvalue weighted by Crippen LogP contribution is 1.90. The van der Waals surface area contributed by atoms with Crippen LogP contribution in [0.1, 0.15) is 19.8 Å². The number of carboxylic acid groups (broad SMARTS) is 1. The van der Waals surface area contributed by atoms with Gasteiger partial charge in [0.25, 0.3) is 0 Å². The number of hydrogen-bond acceptors (Lipinski definition) is 2. The molecule has 0 aliphatic heterocycles. The van der Waals surface area contributed by atoms with Gasteiger partial charge in [-0.2, -0.15) is 0 Å². The first-order valence-corrected chi connectivity index (χ1v) is 3.57. The Hall–Kier alpha value is -0.570. The molecular formula is C7H15NO2. The van der Waals surface area contributed by atoms with Gasteiger partial charge in [-0.25, -0.2) is 0 Å². The molecule has 1 N–H and O–H groups in total. The summed E-state index contributed by atoms with van der Waals surface area (Å²) in [5.74, 6) is -0.751. The maximum atomic E-state index is 10.1. The van der Waals surface area contributed by atoms with Crippen LogP contribution in [0.3, 0.4) is 0 Å². The molecule has 0 amide bonds. The van der Waals surface area contributed by atoms with Crippen molar-refractivity contribution in [3.8, 4) is 0 Å². The van der Waals surface area contributed by atoms with Crippen molar-refractivity contribution in [2.45, 2.75) is 19.8 Å². The van der Waals surface area contributed by atoms with E-state index in [0.717, 1.165) is 19.4 Å². The zero-order valence-electron chi connectivity index (χ0n) is 6.63. The van der Waals surface area contributed by atoms with Crippen LogP contribution in [-0.2, 0) is 4.79 Å². The fraction of sp³-hybridized carbons (Fsp3) is 0.857. The fourth-order valence-electron chi connectivity index (χ4n) is 0.738. The molecule has 0 aromatic rings. The Morgan fingerprint density at radius 2 is 2.20 bits per heavy atom. The number of rotatable bonds is 5. The van der Waals surface area contributed by atoms with Gasteiger partial charge in [0, 0.05) is 0 Å². The van der Waals surface area contributed by atoms with Gasteiger partial charge in [-0.05, 0) is 20.0 Å². The van der Waals surface area contributed by atoms with Crippen molar-refractivity contribution in [3.05, 3.63) is 0 Å². The van der Waals surface area contributed by atoms with Crippen LogP contribution in [0, 0.1) is 0 Å². The lowest BCUT2D eigenvalue weighted by Gasteiger charge is -2.11. The van der Waals surface area contributed by atoms with Crippen molar-refractivity contribution >= 4 is 5.97 Å². The van der Waals surface area contributed by atoms with Crippen LogP contribution in [0.15, 0.2) is 0 Å². The molecule has 0 heterocycles. The summed E-state index contributed by atoms with van der Waals surface area (Å²) < 4.78 is 0. The monoisotopic (exact) mass is 145 g/mol. The molecule has 0 aromatic carbocycles. The van der Waals surface area contributed by atoms with Crippen molar-refractivity contribution in [3.63, 3.8) is 0 Å². The Morgan fingerprint density at radius 3 is 2.60 bits per heavy atom. The molecule has 0 aliphatic carbocycles. The number of aliphatic carboxylic acids is 1. The highest BCUT2D eigenvalue weighted by molar-refractivity contribution is 5.68. The van der Waals surface area contributed by atoms with Crippen molar-refractivity contribution in [1.82, 2.24) is 4.90 Å². The second kappa shape index (κ2) is 5.23. The third-order valence-electron chi connectivity index (χ3n) is 1.30. The van der Waals surface area contributed by atoms with Gasteiger partial charge in [-0.15, -0.1) is 0 Å². The van der Waals surface area contributed by atoms with E-state index in [2.05, 4.69) is 6.92 Å². The van der Waals surface area contributed by atoms with E-state index < -0.39 is 5.97 Å². The molecule has 0 radical (unpaired) electrons. The van der Waals surface area contributed by atoms with Crippen LogP contribution in [0.5, 0.6) is 0 Å². The van der Waals surface area contributed by atoms with Gasteiger partial charge in [0.15, 0.2) is 0 Å². The van der Waals surface area contributed by atoms with Gasteiger partial charge in [0.2, 0.25) is 0 Å². The normalized spacial score (nSPS) is 10.3. The minimum absolute atomic E-state index is 0.153. The molecule has 3 nitrogen and oxygen atoms in total. The van der Waals surface area contributed by atoms with Gasteiger partial charge in [0.1, 0.15) is 0 Å². The zero-order valence-corrected chi connectivity index (χ0v) is 6.63. The summed E-state index contributed by atoms with van der Waals surface area (Å²) in [5.41, 5.74) is 0. The molecule has 0 aromatic heterocycles. The summed E-state index contributed by atoms with van der Waals surface area (Å²) in [6, 6.07) is 0. The topological polar surface area (TPSA) is 40.5 Å². The average molecular weight is 145 g/mol. The van der Waals surface area contributed by atoms with Crippen molar-refractivity contribution < 1.29 is 9.90 Å². The largest absolute Gasteiger partial charge is 0.480 e. The number of carbonyl (C=O) groups is 1. The minimum Gasteiger partial charge on any atom is -0.480 e. The summed E-state index contributed by atoms with van der Waals surface area (Å²) in [5, 5.41) is 8.34. The maximum absolute atomic E-state index is 10.1. The van der Waals surface area contributed by atoms with E-state index >= 15 is 0 Å². The van der Waals surface area contributed by atoms with E-state index in [9.17, 15) is 4.79 Å². The van der Waals surface area contributed by atoms with Crippen molar-refractivity contribution in [1.29, 1.82) is 0 Å². The Labute approximate surface area is 61.6 Å². The lowest BCUT2D eigenvalue weighted by molar-refractivity contribution is -0.137. The molecule has 0 atom stereocenters. The summed E-state index contributed by atoms with van der Waals surface area (Å²) in [7, 11) is 1.82. The SMILES string of the molecule is CCCCN(C)CC(=O)O. The molecule has 3 heteroatoms. The summed E-state index contributed by atoms with van der Waals surface area (Å²) in [6.45, 7) is 3.12. The summed E-state index contributed by atoms with van der Waals surface area (Å²) in [6.07, 6.45) is 2.19. The molecule has 10 heavy (non-hydrogen) atoms. The molecule has 0 saturated heterocycles. The van der Waals surface area contributed by atoms with Gasteiger partial charge in [0.05, 0.1) is 6.54 Å². The van der Waals surface area contributed by atoms with Crippen molar-refractivity contribution in [2.75, 3.05) is 20.1 Å². The number of unbranched alkanes of at least 4 members (excludes halogenated alkanes) is 1. The summed E-state index contributed by atoms with van der Waals surface area (Å²) in [4.78, 5) is 11.9. The van der Waals surface area contributed by atoms with E-state index in [1.54, 1.807) is 0 Å². The Morgan fingerprint density at radius 1 is 1.60 bits per heavy atom. The van der Waals surface area contributed by atoms with Gasteiger partial charge in [-0.1, -0.05) is 13.3 Å². The predicted octanol–water partition coefficient (Wildman–Crippen LogP) is 0.803. The molecular weight excluding hydrogens is 130 g/mol. The highest BCUT2D eigenvalue weighted by atomic mass is 16.4. The first kappa shape index (κ1) is 9.43. The van der Waals surface area contributed by atoms with Gasteiger partial charge in [-0.3, -0.25) is 9.69 Å². The zero-order chi connectivity index (χ0) is 7.98. The number of carboxylic acids is 1. The third-order valence-corrected chi connectivity index (χ3v) is 1.30. The molecule has 0 unspecified atom stereocenters. The van der Waals surface area contributed by atoms with Crippen LogP contribution in [-0.4, -0.2) is 36.1 Å². The van der Waals surface area contributed by atoms with E-state index in [0.29, 0.717) is 0 Å². The van der Waals surface area contributed by atoms with Crippen LogP contribution < -0.4 is 0 Å². The Balaban J connectivity index is 3.25. The second-order valence-corrected chi connectivity index (χ2v) is 2.49. The predicted molar refractivity (Wildman–Crippen MR) is 40.0 cm³/mol. The first-order valence-electron chi connectivity index (χ1n) is 3.57. The number of hydrogen-bond donors (Lipinski definition) is 1. The van der Waals surface area contributed by atoms with Crippen LogP contribution in [0.4, 0.5) is 0 Å². The number of likely N-dealkylation sites (N-methyl/N-ethyl adjacent to an activating group) is 1. The standard InChI is InChI=1S/C7H15NO2/c1-3-4-5-8(2)6-7(9)10/h3-6H2,1-2H3,(H,9,10). The lowest BCUT2D eigenvalue weighted by atomic mass is 10.3. The number of nitrogens with zero attached hydrogens (tertiary/aromatic N) is 1. The van der Waals surface area contributed by atoms with E-state index in [1.165, 1.54) is 0 Å². The molecule has 0 saturated carbocycles. The van der Waals surface area contributed by atoms with Crippen molar-refractivity contribution in [2.24, 2.45) is 0 Å². The first-order chi connectivity index (χ1) is 4.66. The van der Waals surface area contributed by atoms with E-state index in [1.807, 2.05) is 11.9 Å². The van der Waals surface area contributed by atoms with Gasteiger partial charge >= 0.3 is 5.97 Å².